The molecular formula is C23H34N2O. The number of hydrogen-bond donors (Lipinski definition) is 1. The van der Waals surface area contributed by atoms with Gasteiger partial charge in [-0.2, -0.15) is 0 Å². The molecule has 0 saturated heterocycles. The second kappa shape index (κ2) is 10.8. The molecule has 0 saturated carbocycles. The maximum atomic E-state index is 8.90. The van der Waals surface area contributed by atoms with E-state index in [4.69, 9.17) is 10.1 Å². The van der Waals surface area contributed by atoms with Gasteiger partial charge in [-0.05, 0) is 37.3 Å². The van der Waals surface area contributed by atoms with Crippen LogP contribution in [0.2, 0.25) is 0 Å². The van der Waals surface area contributed by atoms with Gasteiger partial charge in [0, 0.05) is 24.0 Å². The van der Waals surface area contributed by atoms with E-state index in [1.807, 2.05) is 25.1 Å². The molecule has 0 atom stereocenters. The lowest BCUT2D eigenvalue weighted by molar-refractivity contribution is 0.344. The van der Waals surface area contributed by atoms with Crippen molar-refractivity contribution >= 4 is 16.6 Å². The van der Waals surface area contributed by atoms with Crippen LogP contribution in [0.1, 0.15) is 64.9 Å². The van der Waals surface area contributed by atoms with E-state index in [1.165, 1.54) is 25.7 Å². The maximum absolute atomic E-state index is 8.90. The van der Waals surface area contributed by atoms with Crippen molar-refractivity contribution in [3.63, 3.8) is 0 Å². The third-order valence-electron chi connectivity index (χ3n) is 4.82. The highest BCUT2D eigenvalue weighted by Gasteiger charge is 2.15. The smallest absolute Gasteiger partial charge is 0.128 e. The fraction of sp³-hybridized carbons (Fsp3) is 0.522. The molecule has 0 aliphatic rings. The Bertz CT molecular complexity index is 686. The Morgan fingerprint density at radius 3 is 2.04 bits per heavy atom. The van der Waals surface area contributed by atoms with E-state index in [9.17, 15) is 0 Å². The summed E-state index contributed by atoms with van der Waals surface area (Å²) in [5.41, 5.74) is 1.01. The van der Waals surface area contributed by atoms with Crippen LogP contribution < -0.4 is 4.74 Å². The first-order valence-corrected chi connectivity index (χ1v) is 10.2. The van der Waals surface area contributed by atoms with Crippen molar-refractivity contribution in [2.75, 3.05) is 19.7 Å². The summed E-state index contributed by atoms with van der Waals surface area (Å²) in [6.45, 7) is 9.06. The zero-order chi connectivity index (χ0) is 18.8. The van der Waals surface area contributed by atoms with Crippen molar-refractivity contribution in [2.45, 2.75) is 59.3 Å². The van der Waals surface area contributed by atoms with Crippen LogP contribution in [0.5, 0.6) is 5.75 Å². The third-order valence-corrected chi connectivity index (χ3v) is 4.82. The number of ether oxygens (including phenoxy) is 1. The minimum Gasteiger partial charge on any atom is -0.493 e. The molecule has 0 aliphatic carbocycles. The van der Waals surface area contributed by atoms with Crippen LogP contribution >= 0.6 is 0 Å². The second-order valence-corrected chi connectivity index (χ2v) is 6.84. The lowest BCUT2D eigenvalue weighted by Gasteiger charge is -2.26. The summed E-state index contributed by atoms with van der Waals surface area (Å²) in [6.07, 6.45) is 7.17. The highest BCUT2D eigenvalue weighted by atomic mass is 16.5. The molecule has 2 aromatic carbocycles. The van der Waals surface area contributed by atoms with Gasteiger partial charge < -0.3 is 9.64 Å². The summed E-state index contributed by atoms with van der Waals surface area (Å²) >= 11 is 0. The molecule has 0 heterocycles. The topological polar surface area (TPSA) is 36.3 Å². The van der Waals surface area contributed by atoms with Gasteiger partial charge in [0.05, 0.1) is 6.61 Å². The summed E-state index contributed by atoms with van der Waals surface area (Å²) in [5, 5.41) is 11.1. The number of nitrogens with zero attached hydrogens (tertiary/aromatic N) is 1. The van der Waals surface area contributed by atoms with Crippen molar-refractivity contribution in [1.29, 1.82) is 5.41 Å². The molecule has 1 N–H and O–H groups in total. The van der Waals surface area contributed by atoms with Gasteiger partial charge in [0.15, 0.2) is 0 Å². The average Bonchev–Trinajstić information content (AvgIpc) is 2.67. The van der Waals surface area contributed by atoms with Crippen LogP contribution in [0.25, 0.3) is 10.8 Å². The minimum absolute atomic E-state index is 0.649. The predicted octanol–water partition coefficient (Wildman–Crippen LogP) is 6.25. The number of hydrogen-bond acceptors (Lipinski definition) is 2. The Labute approximate surface area is 158 Å². The summed E-state index contributed by atoms with van der Waals surface area (Å²) in [6, 6.07) is 12.4. The summed E-state index contributed by atoms with van der Waals surface area (Å²) < 4.78 is 5.79. The molecule has 2 aromatic rings. The minimum atomic E-state index is 0.649. The molecule has 0 aromatic heterocycles. The van der Waals surface area contributed by atoms with E-state index < -0.39 is 0 Å². The molecule has 142 valence electrons. The Morgan fingerprint density at radius 1 is 0.846 bits per heavy atom. The van der Waals surface area contributed by atoms with Crippen molar-refractivity contribution in [3.8, 4) is 5.75 Å². The number of amidine groups is 1. The van der Waals surface area contributed by atoms with Crippen LogP contribution in [0.15, 0.2) is 36.4 Å². The number of fused-ring (bicyclic) bond motifs is 1. The first-order valence-electron chi connectivity index (χ1n) is 10.2. The Balaban J connectivity index is 2.30. The lowest BCUT2D eigenvalue weighted by atomic mass is 10.0. The monoisotopic (exact) mass is 354 g/mol. The van der Waals surface area contributed by atoms with Crippen LogP contribution in [0, 0.1) is 5.41 Å². The van der Waals surface area contributed by atoms with Crippen molar-refractivity contribution in [2.24, 2.45) is 0 Å². The summed E-state index contributed by atoms with van der Waals surface area (Å²) in [7, 11) is 0. The van der Waals surface area contributed by atoms with Crippen LogP contribution in [0.4, 0.5) is 0 Å². The van der Waals surface area contributed by atoms with Crippen LogP contribution in [-0.2, 0) is 0 Å². The molecule has 0 spiro atoms. The highest BCUT2D eigenvalue weighted by Crippen LogP contribution is 2.29. The Morgan fingerprint density at radius 2 is 1.46 bits per heavy atom. The fourth-order valence-electron chi connectivity index (χ4n) is 3.37. The molecule has 3 heteroatoms. The van der Waals surface area contributed by atoms with Gasteiger partial charge in [-0.25, -0.2) is 0 Å². The Kier molecular flexibility index (Phi) is 8.46. The van der Waals surface area contributed by atoms with Gasteiger partial charge in [0.2, 0.25) is 0 Å². The average molecular weight is 355 g/mol. The normalized spacial score (nSPS) is 10.9. The van der Waals surface area contributed by atoms with Gasteiger partial charge in [0.1, 0.15) is 11.6 Å². The molecule has 0 bridgehead atoms. The molecule has 2 rings (SSSR count). The number of rotatable bonds is 11. The summed E-state index contributed by atoms with van der Waals surface area (Å²) in [5.74, 6) is 1.56. The Hall–Kier alpha value is -2.03. The van der Waals surface area contributed by atoms with E-state index in [0.29, 0.717) is 12.4 Å². The third kappa shape index (κ3) is 5.23. The molecule has 0 fully saturated rings. The number of benzene rings is 2. The van der Waals surface area contributed by atoms with Crippen molar-refractivity contribution in [3.05, 3.63) is 42.0 Å². The van der Waals surface area contributed by atoms with Gasteiger partial charge in [-0.15, -0.1) is 0 Å². The zero-order valence-corrected chi connectivity index (χ0v) is 16.7. The highest BCUT2D eigenvalue weighted by molar-refractivity contribution is 6.09. The molecule has 0 amide bonds. The van der Waals surface area contributed by atoms with Gasteiger partial charge in [-0.3, -0.25) is 5.41 Å². The van der Waals surface area contributed by atoms with E-state index in [2.05, 4.69) is 36.9 Å². The summed E-state index contributed by atoms with van der Waals surface area (Å²) in [4.78, 5) is 2.27. The number of nitrogens with one attached hydrogen (secondary N) is 1. The first-order chi connectivity index (χ1) is 12.7. The zero-order valence-electron chi connectivity index (χ0n) is 16.7. The maximum Gasteiger partial charge on any atom is 0.128 e. The van der Waals surface area contributed by atoms with Gasteiger partial charge >= 0.3 is 0 Å². The fourth-order valence-corrected chi connectivity index (χ4v) is 3.37. The molecule has 26 heavy (non-hydrogen) atoms. The standard InChI is InChI=1S/C23H34N2O/c1-4-7-11-17-25(18-12-8-5-2)23(24)21-15-16-22(26-6-3)20-14-10-9-13-19(20)21/h9-10,13-16,24H,4-8,11-12,17-18H2,1-3H3. The van der Waals surface area contributed by atoms with Crippen molar-refractivity contribution < 1.29 is 4.74 Å². The quantitative estimate of drug-likeness (QED) is 0.294. The van der Waals surface area contributed by atoms with Gasteiger partial charge in [-0.1, -0.05) is 63.8 Å². The first kappa shape index (κ1) is 20.3. The van der Waals surface area contributed by atoms with Crippen LogP contribution in [0.3, 0.4) is 0 Å². The van der Waals surface area contributed by atoms with Gasteiger partial charge in [0.25, 0.3) is 0 Å². The molecule has 0 unspecified atom stereocenters. The number of unbranched alkanes of at least 4 members (excludes halogenated alkanes) is 4. The SMILES string of the molecule is CCCCCN(CCCCC)C(=N)c1ccc(OCC)c2ccccc12. The van der Waals surface area contributed by atoms with E-state index in [0.717, 1.165) is 48.0 Å². The molecule has 0 aliphatic heterocycles. The molecule has 0 radical (unpaired) electrons. The largest absolute Gasteiger partial charge is 0.493 e. The second-order valence-electron chi connectivity index (χ2n) is 6.84. The van der Waals surface area contributed by atoms with Crippen molar-refractivity contribution in [1.82, 2.24) is 4.90 Å². The predicted molar refractivity (Wildman–Crippen MR) is 113 cm³/mol. The lowest BCUT2D eigenvalue weighted by Crippen LogP contribution is -2.33. The van der Waals surface area contributed by atoms with E-state index in [-0.39, 0.29) is 0 Å². The van der Waals surface area contributed by atoms with E-state index in [1.54, 1.807) is 0 Å². The molecule has 3 nitrogen and oxygen atoms in total. The molecular weight excluding hydrogens is 320 g/mol. The van der Waals surface area contributed by atoms with E-state index >= 15 is 0 Å². The van der Waals surface area contributed by atoms with Crippen LogP contribution in [-0.4, -0.2) is 30.4 Å².